The standard InChI is InChI=1S/C17H24N2O4/c1-2-22-17(21)23-15-11-9-14(10-12-15)19-16(20)18-13-7-5-3-4-6-8-13/h9-13H,2-8H2,1H3,(H2,18,19,20). The molecule has 0 bridgehead atoms. The first-order valence-electron chi connectivity index (χ1n) is 8.19. The first-order chi connectivity index (χ1) is 11.2. The number of anilines is 1. The third kappa shape index (κ3) is 6.18. The normalized spacial score (nSPS) is 15.3. The zero-order valence-corrected chi connectivity index (χ0v) is 13.5. The minimum atomic E-state index is -0.737. The van der Waals surface area contributed by atoms with Crippen LogP contribution >= 0.6 is 0 Å². The van der Waals surface area contributed by atoms with Gasteiger partial charge < -0.3 is 20.1 Å². The molecule has 6 heteroatoms. The Bertz CT molecular complexity index is 508. The second kappa shape index (κ2) is 9.02. The average Bonchev–Trinajstić information content (AvgIpc) is 2.78. The van der Waals surface area contributed by atoms with Gasteiger partial charge in [0.05, 0.1) is 6.61 Å². The lowest BCUT2D eigenvalue weighted by atomic mass is 10.1. The van der Waals surface area contributed by atoms with E-state index in [4.69, 9.17) is 9.47 Å². The Balaban J connectivity index is 1.80. The highest BCUT2D eigenvalue weighted by molar-refractivity contribution is 5.89. The molecule has 2 rings (SSSR count). The van der Waals surface area contributed by atoms with Crippen LogP contribution in [0, 0.1) is 0 Å². The van der Waals surface area contributed by atoms with Gasteiger partial charge in [-0.05, 0) is 44.0 Å². The molecule has 0 heterocycles. The fourth-order valence-electron chi connectivity index (χ4n) is 2.63. The van der Waals surface area contributed by atoms with Crippen LogP contribution in [0.2, 0.25) is 0 Å². The number of rotatable bonds is 4. The van der Waals surface area contributed by atoms with Crippen molar-refractivity contribution in [2.75, 3.05) is 11.9 Å². The molecule has 0 saturated heterocycles. The maximum absolute atomic E-state index is 12.0. The topological polar surface area (TPSA) is 76.7 Å². The first kappa shape index (κ1) is 17.1. The SMILES string of the molecule is CCOC(=O)Oc1ccc(NC(=O)NC2CCCCCC2)cc1. The lowest BCUT2D eigenvalue weighted by Gasteiger charge is -2.16. The second-order valence-electron chi connectivity index (χ2n) is 5.60. The van der Waals surface area contributed by atoms with Crippen molar-refractivity contribution in [2.45, 2.75) is 51.5 Å². The Labute approximate surface area is 136 Å². The van der Waals surface area contributed by atoms with Gasteiger partial charge in [0.2, 0.25) is 0 Å². The first-order valence-corrected chi connectivity index (χ1v) is 8.19. The van der Waals surface area contributed by atoms with Crippen LogP contribution in [-0.2, 0) is 4.74 Å². The van der Waals surface area contributed by atoms with Gasteiger partial charge in [-0.3, -0.25) is 0 Å². The predicted molar refractivity (Wildman–Crippen MR) is 87.7 cm³/mol. The van der Waals surface area contributed by atoms with Crippen LogP contribution in [-0.4, -0.2) is 24.8 Å². The number of nitrogens with one attached hydrogen (secondary N) is 2. The molecule has 2 amide bonds. The molecule has 126 valence electrons. The van der Waals surface area contributed by atoms with E-state index < -0.39 is 6.16 Å². The predicted octanol–water partition coefficient (Wildman–Crippen LogP) is 4.07. The largest absolute Gasteiger partial charge is 0.513 e. The number of hydrogen-bond donors (Lipinski definition) is 2. The summed E-state index contributed by atoms with van der Waals surface area (Å²) in [6.07, 6.45) is 6.19. The number of ether oxygens (including phenoxy) is 2. The lowest BCUT2D eigenvalue weighted by Crippen LogP contribution is -2.37. The molecule has 1 aliphatic rings. The quantitative estimate of drug-likeness (QED) is 0.498. The van der Waals surface area contributed by atoms with Gasteiger partial charge in [-0.2, -0.15) is 0 Å². The molecular formula is C17H24N2O4. The molecule has 1 aliphatic carbocycles. The van der Waals surface area contributed by atoms with Gasteiger partial charge in [-0.15, -0.1) is 0 Å². The van der Waals surface area contributed by atoms with E-state index in [0.29, 0.717) is 11.4 Å². The molecule has 0 aliphatic heterocycles. The van der Waals surface area contributed by atoms with Crippen LogP contribution in [0.3, 0.4) is 0 Å². The van der Waals surface area contributed by atoms with Gasteiger partial charge in [-0.1, -0.05) is 25.7 Å². The van der Waals surface area contributed by atoms with Crippen molar-refractivity contribution in [1.29, 1.82) is 0 Å². The number of carbonyl (C=O) groups excluding carboxylic acids is 2. The van der Waals surface area contributed by atoms with Crippen molar-refractivity contribution in [3.8, 4) is 5.75 Å². The summed E-state index contributed by atoms with van der Waals surface area (Å²) in [6.45, 7) is 1.97. The molecule has 0 atom stereocenters. The van der Waals surface area contributed by atoms with Crippen molar-refractivity contribution in [3.05, 3.63) is 24.3 Å². The van der Waals surface area contributed by atoms with Crippen molar-refractivity contribution in [2.24, 2.45) is 0 Å². The molecule has 2 N–H and O–H groups in total. The van der Waals surface area contributed by atoms with E-state index in [1.54, 1.807) is 31.2 Å². The molecule has 1 aromatic rings. The Hall–Kier alpha value is -2.24. The highest BCUT2D eigenvalue weighted by Crippen LogP contribution is 2.18. The third-order valence-electron chi connectivity index (χ3n) is 3.77. The molecule has 1 saturated carbocycles. The van der Waals surface area contributed by atoms with E-state index in [-0.39, 0.29) is 18.7 Å². The Morgan fingerprint density at radius 3 is 2.35 bits per heavy atom. The summed E-state index contributed by atoms with van der Waals surface area (Å²) in [5, 5.41) is 5.81. The third-order valence-corrected chi connectivity index (χ3v) is 3.77. The molecule has 23 heavy (non-hydrogen) atoms. The zero-order valence-electron chi connectivity index (χ0n) is 13.5. The van der Waals surface area contributed by atoms with Crippen LogP contribution in [0.25, 0.3) is 0 Å². The molecule has 1 fully saturated rings. The van der Waals surface area contributed by atoms with Gasteiger partial charge in [0.1, 0.15) is 5.75 Å². The van der Waals surface area contributed by atoms with Gasteiger partial charge in [0.25, 0.3) is 0 Å². The molecule has 1 aromatic carbocycles. The number of amides is 2. The minimum absolute atomic E-state index is 0.198. The fourth-order valence-corrected chi connectivity index (χ4v) is 2.63. The maximum atomic E-state index is 12.0. The zero-order chi connectivity index (χ0) is 16.5. The van der Waals surface area contributed by atoms with Crippen molar-refractivity contribution in [1.82, 2.24) is 5.32 Å². The summed E-state index contributed by atoms with van der Waals surface area (Å²) in [7, 11) is 0. The van der Waals surface area contributed by atoms with Crippen molar-refractivity contribution in [3.63, 3.8) is 0 Å². The fraction of sp³-hybridized carbons (Fsp3) is 0.529. The van der Waals surface area contributed by atoms with E-state index in [2.05, 4.69) is 10.6 Å². The van der Waals surface area contributed by atoms with Crippen molar-refractivity contribution >= 4 is 17.9 Å². The summed E-state index contributed by atoms with van der Waals surface area (Å²) in [5.74, 6) is 0.373. The highest BCUT2D eigenvalue weighted by atomic mass is 16.7. The number of hydrogen-bond acceptors (Lipinski definition) is 4. The smallest absolute Gasteiger partial charge is 0.434 e. The number of benzene rings is 1. The highest BCUT2D eigenvalue weighted by Gasteiger charge is 2.14. The molecular weight excluding hydrogens is 296 g/mol. The lowest BCUT2D eigenvalue weighted by molar-refractivity contribution is 0.104. The van der Waals surface area contributed by atoms with Gasteiger partial charge in [0.15, 0.2) is 0 Å². The summed E-state index contributed by atoms with van der Waals surface area (Å²) in [5.41, 5.74) is 0.646. The minimum Gasteiger partial charge on any atom is -0.434 e. The van der Waals surface area contributed by atoms with Gasteiger partial charge in [0, 0.05) is 11.7 Å². The average molecular weight is 320 g/mol. The van der Waals surface area contributed by atoms with E-state index in [0.717, 1.165) is 12.8 Å². The molecule has 0 unspecified atom stereocenters. The summed E-state index contributed by atoms with van der Waals surface area (Å²) < 4.78 is 9.66. The summed E-state index contributed by atoms with van der Waals surface area (Å²) in [6, 6.07) is 6.64. The Morgan fingerprint density at radius 2 is 1.74 bits per heavy atom. The Kier molecular flexibility index (Phi) is 6.72. The summed E-state index contributed by atoms with van der Waals surface area (Å²) in [4.78, 5) is 23.2. The van der Waals surface area contributed by atoms with Crippen LogP contribution < -0.4 is 15.4 Å². The molecule has 0 aromatic heterocycles. The van der Waals surface area contributed by atoms with E-state index in [1.165, 1.54) is 25.7 Å². The molecule has 0 spiro atoms. The van der Waals surface area contributed by atoms with Crippen molar-refractivity contribution < 1.29 is 19.1 Å². The van der Waals surface area contributed by atoms with Crippen LogP contribution in [0.5, 0.6) is 5.75 Å². The number of carbonyl (C=O) groups is 2. The van der Waals surface area contributed by atoms with Crippen LogP contribution in [0.1, 0.15) is 45.4 Å². The van der Waals surface area contributed by atoms with Crippen LogP contribution in [0.4, 0.5) is 15.3 Å². The van der Waals surface area contributed by atoms with E-state index >= 15 is 0 Å². The second-order valence-corrected chi connectivity index (χ2v) is 5.60. The summed E-state index contributed by atoms with van der Waals surface area (Å²) >= 11 is 0. The van der Waals surface area contributed by atoms with Crippen LogP contribution in [0.15, 0.2) is 24.3 Å². The number of urea groups is 1. The van der Waals surface area contributed by atoms with E-state index in [1.807, 2.05) is 0 Å². The van der Waals surface area contributed by atoms with E-state index in [9.17, 15) is 9.59 Å². The maximum Gasteiger partial charge on any atom is 0.513 e. The van der Waals surface area contributed by atoms with Gasteiger partial charge >= 0.3 is 12.2 Å². The Morgan fingerprint density at radius 1 is 1.09 bits per heavy atom. The van der Waals surface area contributed by atoms with Gasteiger partial charge in [-0.25, -0.2) is 9.59 Å². The molecule has 6 nitrogen and oxygen atoms in total. The monoisotopic (exact) mass is 320 g/mol. The molecule has 0 radical (unpaired) electrons.